The molecule has 2 N–H and O–H groups in total. The average molecular weight is 225 g/mol. The molecule has 0 fully saturated rings. The number of hydrogen-bond acceptors (Lipinski definition) is 2. The minimum Gasteiger partial charge on any atom is -0.360 e. The number of nitrogens with zero attached hydrogens (tertiary/aromatic N) is 1. The number of rotatable bonds is 2. The molecule has 0 spiro atoms. The number of aromatic amines is 2. The van der Waals surface area contributed by atoms with Crippen molar-refractivity contribution >= 4 is 16.7 Å². The zero-order valence-electron chi connectivity index (χ0n) is 9.32. The third kappa shape index (κ3) is 1.45. The lowest BCUT2D eigenvalue weighted by Gasteiger charge is -1.99. The van der Waals surface area contributed by atoms with Gasteiger partial charge in [-0.25, -0.2) is 0 Å². The average Bonchev–Trinajstić information content (AvgIpc) is 2.98. The Morgan fingerprint density at radius 3 is 2.94 bits per heavy atom. The van der Waals surface area contributed by atoms with E-state index in [0.29, 0.717) is 11.3 Å². The van der Waals surface area contributed by atoms with Gasteiger partial charge in [0.05, 0.1) is 0 Å². The summed E-state index contributed by atoms with van der Waals surface area (Å²) in [4.78, 5) is 15.4. The van der Waals surface area contributed by atoms with Crippen molar-refractivity contribution in [3.05, 3.63) is 53.5 Å². The van der Waals surface area contributed by atoms with E-state index in [1.54, 1.807) is 18.5 Å². The number of nitrogens with one attached hydrogen (secondary N) is 2. The minimum atomic E-state index is -0.0388. The summed E-state index contributed by atoms with van der Waals surface area (Å²) in [7, 11) is 0. The van der Waals surface area contributed by atoms with Crippen molar-refractivity contribution in [3.63, 3.8) is 0 Å². The second-order valence-electron chi connectivity index (χ2n) is 4.00. The maximum absolute atomic E-state index is 12.2. The van der Waals surface area contributed by atoms with Crippen molar-refractivity contribution in [3.8, 4) is 0 Å². The van der Waals surface area contributed by atoms with Crippen molar-refractivity contribution in [1.82, 2.24) is 15.2 Å². The SMILES string of the molecule is Cc1cccc2[nH]cc(C(=O)c3ccn[nH]3)c12. The number of aryl methyl sites for hydroxylation is 1. The quantitative estimate of drug-likeness (QED) is 0.658. The molecule has 4 heteroatoms. The Labute approximate surface area is 97.7 Å². The summed E-state index contributed by atoms with van der Waals surface area (Å²) < 4.78 is 0. The number of hydrogen-bond donors (Lipinski definition) is 2. The molecule has 17 heavy (non-hydrogen) atoms. The molecule has 2 heterocycles. The fraction of sp³-hybridized carbons (Fsp3) is 0.0769. The van der Waals surface area contributed by atoms with Crippen LogP contribution in [0.4, 0.5) is 0 Å². The van der Waals surface area contributed by atoms with Crippen molar-refractivity contribution in [2.24, 2.45) is 0 Å². The van der Waals surface area contributed by atoms with E-state index in [4.69, 9.17) is 0 Å². The molecule has 0 saturated heterocycles. The number of H-pyrrole nitrogens is 2. The highest BCUT2D eigenvalue weighted by molar-refractivity contribution is 6.16. The van der Waals surface area contributed by atoms with Crippen LogP contribution in [0.25, 0.3) is 10.9 Å². The second kappa shape index (κ2) is 3.59. The van der Waals surface area contributed by atoms with Crippen LogP contribution in [0.1, 0.15) is 21.6 Å². The van der Waals surface area contributed by atoms with Crippen LogP contribution in [0.3, 0.4) is 0 Å². The molecular weight excluding hydrogens is 214 g/mol. The Hall–Kier alpha value is -2.36. The molecule has 0 aliphatic rings. The van der Waals surface area contributed by atoms with Crippen LogP contribution in [-0.4, -0.2) is 21.0 Å². The van der Waals surface area contributed by atoms with E-state index in [2.05, 4.69) is 15.2 Å². The summed E-state index contributed by atoms with van der Waals surface area (Å²) in [6.45, 7) is 2.00. The summed E-state index contributed by atoms with van der Waals surface area (Å²) in [6, 6.07) is 7.62. The van der Waals surface area contributed by atoms with Crippen molar-refractivity contribution < 1.29 is 4.79 Å². The molecule has 0 amide bonds. The number of ketones is 1. The van der Waals surface area contributed by atoms with Crippen LogP contribution < -0.4 is 0 Å². The van der Waals surface area contributed by atoms with Crippen molar-refractivity contribution in [2.75, 3.05) is 0 Å². The summed E-state index contributed by atoms with van der Waals surface area (Å²) >= 11 is 0. The van der Waals surface area contributed by atoms with Gasteiger partial charge in [-0.1, -0.05) is 12.1 Å². The predicted molar refractivity (Wildman–Crippen MR) is 65.1 cm³/mol. The van der Waals surface area contributed by atoms with Gasteiger partial charge in [0.25, 0.3) is 0 Å². The largest absolute Gasteiger partial charge is 0.360 e. The van der Waals surface area contributed by atoms with Gasteiger partial charge in [-0.05, 0) is 24.6 Å². The topological polar surface area (TPSA) is 61.5 Å². The van der Waals surface area contributed by atoms with E-state index < -0.39 is 0 Å². The molecule has 0 saturated carbocycles. The Bertz CT molecular complexity index is 680. The standard InChI is InChI=1S/C13H11N3O/c1-8-3-2-4-10-12(8)9(7-14-10)13(17)11-5-6-15-16-11/h2-7,14H,1H3,(H,15,16). The molecule has 4 nitrogen and oxygen atoms in total. The first kappa shape index (κ1) is 9.84. The smallest absolute Gasteiger partial charge is 0.212 e. The third-order valence-electron chi connectivity index (χ3n) is 2.90. The zero-order valence-corrected chi connectivity index (χ0v) is 9.32. The van der Waals surface area contributed by atoms with Gasteiger partial charge in [0, 0.05) is 28.9 Å². The van der Waals surface area contributed by atoms with Crippen LogP contribution in [-0.2, 0) is 0 Å². The first-order valence-electron chi connectivity index (χ1n) is 5.38. The van der Waals surface area contributed by atoms with Gasteiger partial charge in [0.1, 0.15) is 5.69 Å². The summed E-state index contributed by atoms with van der Waals surface area (Å²) in [5, 5.41) is 7.47. The van der Waals surface area contributed by atoms with Gasteiger partial charge in [0.15, 0.2) is 0 Å². The van der Waals surface area contributed by atoms with Crippen LogP contribution in [0.2, 0.25) is 0 Å². The summed E-state index contributed by atoms with van der Waals surface area (Å²) in [5.74, 6) is -0.0388. The number of aromatic nitrogens is 3. The van der Waals surface area contributed by atoms with E-state index in [1.165, 1.54) is 0 Å². The number of fused-ring (bicyclic) bond motifs is 1. The fourth-order valence-corrected chi connectivity index (χ4v) is 2.07. The van der Waals surface area contributed by atoms with Crippen LogP contribution in [0.15, 0.2) is 36.7 Å². The minimum absolute atomic E-state index is 0.0388. The molecule has 0 aliphatic heterocycles. The van der Waals surface area contributed by atoms with E-state index >= 15 is 0 Å². The van der Waals surface area contributed by atoms with Crippen LogP contribution in [0, 0.1) is 6.92 Å². The predicted octanol–water partition coefficient (Wildman–Crippen LogP) is 2.43. The summed E-state index contributed by atoms with van der Waals surface area (Å²) in [5.41, 5.74) is 3.26. The normalized spacial score (nSPS) is 10.9. The molecule has 0 aliphatic carbocycles. The van der Waals surface area contributed by atoms with Gasteiger partial charge in [-0.15, -0.1) is 0 Å². The molecular formula is C13H11N3O. The molecule has 0 radical (unpaired) electrons. The summed E-state index contributed by atoms with van der Waals surface area (Å²) in [6.07, 6.45) is 3.33. The van der Waals surface area contributed by atoms with Crippen LogP contribution in [0.5, 0.6) is 0 Å². The second-order valence-corrected chi connectivity index (χ2v) is 4.00. The molecule has 0 atom stereocenters. The molecule has 2 aromatic heterocycles. The van der Waals surface area contributed by atoms with E-state index in [0.717, 1.165) is 16.5 Å². The lowest BCUT2D eigenvalue weighted by molar-refractivity contribution is 0.103. The monoisotopic (exact) mass is 225 g/mol. The Morgan fingerprint density at radius 1 is 1.29 bits per heavy atom. The number of benzene rings is 1. The highest BCUT2D eigenvalue weighted by atomic mass is 16.1. The van der Waals surface area contributed by atoms with Crippen molar-refractivity contribution in [2.45, 2.75) is 6.92 Å². The fourth-order valence-electron chi connectivity index (χ4n) is 2.07. The molecule has 3 rings (SSSR count). The molecule has 0 unspecified atom stereocenters. The van der Waals surface area contributed by atoms with Gasteiger partial charge in [-0.3, -0.25) is 9.89 Å². The van der Waals surface area contributed by atoms with Crippen molar-refractivity contribution in [1.29, 1.82) is 0 Å². The number of carbonyl (C=O) groups is 1. The van der Waals surface area contributed by atoms with E-state index in [-0.39, 0.29) is 5.78 Å². The Kier molecular flexibility index (Phi) is 2.08. The van der Waals surface area contributed by atoms with Gasteiger partial charge in [0.2, 0.25) is 5.78 Å². The number of carbonyl (C=O) groups excluding carboxylic acids is 1. The lowest BCUT2D eigenvalue weighted by atomic mass is 10.0. The zero-order chi connectivity index (χ0) is 11.8. The first-order chi connectivity index (χ1) is 8.27. The maximum Gasteiger partial charge on any atom is 0.212 e. The van der Waals surface area contributed by atoms with Crippen LogP contribution >= 0.6 is 0 Å². The lowest BCUT2D eigenvalue weighted by Crippen LogP contribution is -2.01. The Balaban J connectivity index is 2.22. The highest BCUT2D eigenvalue weighted by Crippen LogP contribution is 2.23. The third-order valence-corrected chi connectivity index (χ3v) is 2.90. The Morgan fingerprint density at radius 2 is 2.18 bits per heavy atom. The molecule has 3 aromatic rings. The molecule has 0 bridgehead atoms. The van der Waals surface area contributed by atoms with Gasteiger partial charge < -0.3 is 4.98 Å². The molecule has 84 valence electrons. The molecule has 1 aromatic carbocycles. The highest BCUT2D eigenvalue weighted by Gasteiger charge is 2.16. The van der Waals surface area contributed by atoms with Gasteiger partial charge in [-0.2, -0.15) is 5.10 Å². The van der Waals surface area contributed by atoms with Gasteiger partial charge >= 0.3 is 0 Å². The van der Waals surface area contributed by atoms with E-state index in [9.17, 15) is 4.79 Å². The first-order valence-corrected chi connectivity index (χ1v) is 5.38. The van der Waals surface area contributed by atoms with E-state index in [1.807, 2.05) is 25.1 Å². The maximum atomic E-state index is 12.2.